The van der Waals surface area contributed by atoms with E-state index in [1.165, 1.54) is 0 Å². The van der Waals surface area contributed by atoms with Gasteiger partial charge in [-0.2, -0.15) is 0 Å². The van der Waals surface area contributed by atoms with Crippen molar-refractivity contribution in [2.75, 3.05) is 24.3 Å². The second-order valence-corrected chi connectivity index (χ2v) is 6.96. The van der Waals surface area contributed by atoms with Crippen molar-refractivity contribution in [1.82, 2.24) is 15.0 Å². The number of rotatable bonds is 5. The number of aromatic nitrogens is 3. The van der Waals surface area contributed by atoms with Gasteiger partial charge in [-0.1, -0.05) is 23.7 Å². The van der Waals surface area contributed by atoms with E-state index in [1.54, 1.807) is 31.3 Å². The summed E-state index contributed by atoms with van der Waals surface area (Å²) in [4.78, 5) is 24.0. The molecular weight excluding hydrogens is 402 g/mol. The number of carbonyl (C=O) groups is 1. The van der Waals surface area contributed by atoms with Crippen LogP contribution in [-0.4, -0.2) is 34.7 Å². The number of H-pyrrole nitrogens is 1. The van der Waals surface area contributed by atoms with Crippen LogP contribution < -0.4 is 10.6 Å². The Balaban J connectivity index is 1.67. The Labute approximate surface area is 178 Å². The van der Waals surface area contributed by atoms with Crippen LogP contribution in [0.4, 0.5) is 16.2 Å². The van der Waals surface area contributed by atoms with E-state index < -0.39 is 6.09 Å². The van der Waals surface area contributed by atoms with Crippen molar-refractivity contribution in [3.63, 3.8) is 0 Å². The lowest BCUT2D eigenvalue weighted by atomic mass is 10.1. The van der Waals surface area contributed by atoms with Gasteiger partial charge in [-0.15, -0.1) is 0 Å². The number of ether oxygens (including phenoxy) is 1. The maximum Gasteiger partial charge on any atom is 0.411 e. The SMILES string of the molecule is CCOC(=O)Nc1ccc(Cl)c(-c2nc3ncc(-c4ccc(NC)cc4)cc3[nH]2)c1. The van der Waals surface area contributed by atoms with E-state index in [4.69, 9.17) is 16.3 Å². The zero-order valence-electron chi connectivity index (χ0n) is 16.5. The minimum atomic E-state index is -0.522. The molecule has 4 rings (SSSR count). The van der Waals surface area contributed by atoms with Crippen LogP contribution in [0.25, 0.3) is 33.7 Å². The molecule has 0 aliphatic rings. The fourth-order valence-corrected chi connectivity index (χ4v) is 3.29. The van der Waals surface area contributed by atoms with Crippen molar-refractivity contribution in [3.05, 3.63) is 59.8 Å². The minimum Gasteiger partial charge on any atom is -0.450 e. The number of benzene rings is 2. The monoisotopic (exact) mass is 421 g/mol. The third-order valence-corrected chi connectivity index (χ3v) is 4.92. The Hall–Kier alpha value is -3.58. The van der Waals surface area contributed by atoms with Gasteiger partial charge in [-0.25, -0.2) is 14.8 Å². The standard InChI is InChI=1S/C22H20ClN5O2/c1-3-30-22(29)26-16-8-9-18(23)17(11-16)20-27-19-10-14(12-25-21(19)28-20)13-4-6-15(24-2)7-5-13/h4-12,24H,3H2,1-2H3,(H,26,29)(H,25,27,28). The van der Waals surface area contributed by atoms with Gasteiger partial charge in [0.2, 0.25) is 0 Å². The number of fused-ring (bicyclic) bond motifs is 1. The van der Waals surface area contributed by atoms with E-state index >= 15 is 0 Å². The van der Waals surface area contributed by atoms with Crippen molar-refractivity contribution in [1.29, 1.82) is 0 Å². The van der Waals surface area contributed by atoms with Gasteiger partial charge in [-0.05, 0) is 48.9 Å². The van der Waals surface area contributed by atoms with Crippen molar-refractivity contribution >= 4 is 40.2 Å². The third kappa shape index (κ3) is 4.06. The van der Waals surface area contributed by atoms with Gasteiger partial charge in [0.15, 0.2) is 5.65 Å². The Morgan fingerprint density at radius 2 is 1.87 bits per heavy atom. The highest BCUT2D eigenvalue weighted by molar-refractivity contribution is 6.33. The van der Waals surface area contributed by atoms with Gasteiger partial charge in [0.05, 0.1) is 17.1 Å². The van der Waals surface area contributed by atoms with E-state index in [0.29, 0.717) is 34.4 Å². The number of carbonyl (C=O) groups excluding carboxylic acids is 1. The average molecular weight is 422 g/mol. The molecule has 0 spiro atoms. The predicted molar refractivity (Wildman–Crippen MR) is 120 cm³/mol. The van der Waals surface area contributed by atoms with Crippen LogP contribution in [-0.2, 0) is 4.74 Å². The van der Waals surface area contributed by atoms with Crippen LogP contribution in [0.15, 0.2) is 54.7 Å². The minimum absolute atomic E-state index is 0.293. The predicted octanol–water partition coefficient (Wildman–Crippen LogP) is 5.56. The number of aromatic amines is 1. The van der Waals surface area contributed by atoms with Gasteiger partial charge in [0.1, 0.15) is 5.82 Å². The Morgan fingerprint density at radius 1 is 1.10 bits per heavy atom. The summed E-state index contributed by atoms with van der Waals surface area (Å²) >= 11 is 6.38. The normalized spacial score (nSPS) is 10.8. The summed E-state index contributed by atoms with van der Waals surface area (Å²) in [6.45, 7) is 2.04. The Morgan fingerprint density at radius 3 is 2.60 bits per heavy atom. The van der Waals surface area contributed by atoms with Gasteiger partial charge in [0, 0.05) is 35.7 Å². The van der Waals surface area contributed by atoms with E-state index in [2.05, 4.69) is 25.6 Å². The number of halogens is 1. The number of pyridine rings is 1. The van der Waals surface area contributed by atoms with Crippen LogP contribution in [0, 0.1) is 0 Å². The molecule has 0 saturated carbocycles. The number of nitrogens with one attached hydrogen (secondary N) is 3. The summed E-state index contributed by atoms with van der Waals surface area (Å²) < 4.78 is 4.92. The highest BCUT2D eigenvalue weighted by Gasteiger charge is 2.13. The second kappa shape index (κ2) is 8.42. The first kappa shape index (κ1) is 19.7. The first-order valence-electron chi connectivity index (χ1n) is 9.45. The fourth-order valence-electron chi connectivity index (χ4n) is 3.08. The number of imidazole rings is 1. The molecule has 2 aromatic carbocycles. The molecule has 2 aromatic heterocycles. The van der Waals surface area contributed by atoms with Crippen LogP contribution in [0.3, 0.4) is 0 Å². The van der Waals surface area contributed by atoms with Gasteiger partial charge in [0.25, 0.3) is 0 Å². The maximum atomic E-state index is 11.7. The summed E-state index contributed by atoms with van der Waals surface area (Å²) in [6, 6.07) is 15.3. The van der Waals surface area contributed by atoms with Gasteiger partial charge < -0.3 is 15.0 Å². The van der Waals surface area contributed by atoms with E-state index in [-0.39, 0.29) is 0 Å². The molecule has 0 aliphatic carbocycles. The molecule has 0 saturated heterocycles. The van der Waals surface area contributed by atoms with Crippen LogP contribution in [0.1, 0.15) is 6.92 Å². The second-order valence-electron chi connectivity index (χ2n) is 6.55. The number of nitrogens with zero attached hydrogens (tertiary/aromatic N) is 2. The van der Waals surface area contributed by atoms with Crippen molar-refractivity contribution < 1.29 is 9.53 Å². The zero-order valence-corrected chi connectivity index (χ0v) is 17.2. The smallest absolute Gasteiger partial charge is 0.411 e. The number of hydrogen-bond acceptors (Lipinski definition) is 5. The Bertz CT molecular complexity index is 1200. The molecule has 0 unspecified atom stereocenters. The first-order valence-corrected chi connectivity index (χ1v) is 9.83. The summed E-state index contributed by atoms with van der Waals surface area (Å²) in [5.41, 5.74) is 5.67. The number of hydrogen-bond donors (Lipinski definition) is 3. The number of anilines is 2. The van der Waals surface area contributed by atoms with E-state index in [9.17, 15) is 4.79 Å². The van der Waals surface area contributed by atoms with Crippen molar-refractivity contribution in [2.45, 2.75) is 6.92 Å². The third-order valence-electron chi connectivity index (χ3n) is 4.59. The first-order chi connectivity index (χ1) is 14.6. The van der Waals surface area contributed by atoms with Crippen molar-refractivity contribution in [2.24, 2.45) is 0 Å². The highest BCUT2D eigenvalue weighted by atomic mass is 35.5. The van der Waals surface area contributed by atoms with Crippen molar-refractivity contribution in [3.8, 4) is 22.5 Å². The van der Waals surface area contributed by atoms with E-state index in [1.807, 2.05) is 37.4 Å². The quantitative estimate of drug-likeness (QED) is 0.392. The molecule has 0 aliphatic heterocycles. The molecular formula is C22H20ClN5O2. The molecule has 30 heavy (non-hydrogen) atoms. The topological polar surface area (TPSA) is 91.9 Å². The van der Waals surface area contributed by atoms with Crippen LogP contribution in [0.5, 0.6) is 0 Å². The summed E-state index contributed by atoms with van der Waals surface area (Å²) in [5, 5.41) is 6.28. The molecule has 152 valence electrons. The van der Waals surface area contributed by atoms with Gasteiger partial charge in [-0.3, -0.25) is 5.32 Å². The lowest BCUT2D eigenvalue weighted by Gasteiger charge is -2.07. The summed E-state index contributed by atoms with van der Waals surface area (Å²) in [5.74, 6) is 0.567. The van der Waals surface area contributed by atoms with Crippen LogP contribution in [0.2, 0.25) is 5.02 Å². The molecule has 1 amide bonds. The molecule has 7 nitrogen and oxygen atoms in total. The average Bonchev–Trinajstić information content (AvgIpc) is 3.18. The van der Waals surface area contributed by atoms with Crippen LogP contribution >= 0.6 is 11.6 Å². The molecule has 0 bridgehead atoms. The highest BCUT2D eigenvalue weighted by Crippen LogP contribution is 2.31. The Kier molecular flexibility index (Phi) is 5.54. The molecule has 2 heterocycles. The molecule has 0 fully saturated rings. The lowest BCUT2D eigenvalue weighted by Crippen LogP contribution is -2.13. The summed E-state index contributed by atoms with van der Waals surface area (Å²) in [6.07, 6.45) is 1.27. The number of amides is 1. The fraction of sp³-hybridized carbons (Fsp3) is 0.136. The summed E-state index contributed by atoms with van der Waals surface area (Å²) in [7, 11) is 1.89. The zero-order chi connectivity index (χ0) is 21.1. The molecule has 8 heteroatoms. The molecule has 0 atom stereocenters. The van der Waals surface area contributed by atoms with E-state index in [0.717, 1.165) is 22.3 Å². The lowest BCUT2D eigenvalue weighted by molar-refractivity contribution is 0.168. The molecule has 3 N–H and O–H groups in total. The van der Waals surface area contributed by atoms with Gasteiger partial charge >= 0.3 is 6.09 Å². The molecule has 0 radical (unpaired) electrons. The molecule has 4 aromatic rings. The maximum absolute atomic E-state index is 11.7. The largest absolute Gasteiger partial charge is 0.450 e.